The lowest BCUT2D eigenvalue weighted by Crippen LogP contribution is -2.14. The van der Waals surface area contributed by atoms with Crippen molar-refractivity contribution in [2.24, 2.45) is 0 Å². The number of rotatable bonds is 7. The molecule has 10 heteroatoms. The Balaban J connectivity index is 1.53. The van der Waals surface area contributed by atoms with Gasteiger partial charge in [-0.05, 0) is 30.7 Å². The molecule has 0 saturated heterocycles. The molecule has 138 valence electrons. The average molecular weight is 401 g/mol. The van der Waals surface area contributed by atoms with Gasteiger partial charge in [-0.2, -0.15) is 0 Å². The zero-order valence-electron chi connectivity index (χ0n) is 14.2. The van der Waals surface area contributed by atoms with Crippen LogP contribution in [0.15, 0.2) is 52.9 Å². The van der Waals surface area contributed by atoms with Crippen molar-refractivity contribution in [3.8, 4) is 0 Å². The van der Waals surface area contributed by atoms with Gasteiger partial charge < -0.3 is 10.6 Å². The quantitative estimate of drug-likeness (QED) is 0.346. The Morgan fingerprint density at radius 2 is 2.00 bits per heavy atom. The number of benzene rings is 2. The third kappa shape index (κ3) is 5.25. The Hall–Kier alpha value is -2.98. The molecule has 1 aromatic heterocycles. The van der Waals surface area contributed by atoms with Crippen molar-refractivity contribution in [3.63, 3.8) is 0 Å². The number of anilines is 3. The Morgan fingerprint density at radius 3 is 2.70 bits per heavy atom. The van der Waals surface area contributed by atoms with Gasteiger partial charge in [0.2, 0.25) is 11.0 Å². The van der Waals surface area contributed by atoms with Crippen molar-refractivity contribution in [2.75, 3.05) is 16.4 Å². The molecule has 2 aromatic carbocycles. The van der Waals surface area contributed by atoms with E-state index in [9.17, 15) is 14.9 Å². The van der Waals surface area contributed by atoms with E-state index in [0.29, 0.717) is 20.7 Å². The van der Waals surface area contributed by atoms with Crippen molar-refractivity contribution in [3.05, 3.63) is 64.2 Å². The molecule has 8 nitrogen and oxygen atoms in total. The summed E-state index contributed by atoms with van der Waals surface area (Å²) in [6.45, 7) is 1.71. The maximum Gasteiger partial charge on any atom is 0.269 e. The molecule has 27 heavy (non-hydrogen) atoms. The largest absolute Gasteiger partial charge is 0.330 e. The van der Waals surface area contributed by atoms with Gasteiger partial charge in [0.05, 0.1) is 10.7 Å². The third-order valence-corrected chi connectivity index (χ3v) is 5.43. The zero-order chi connectivity index (χ0) is 19.2. The van der Waals surface area contributed by atoms with Crippen molar-refractivity contribution in [2.45, 2.75) is 11.3 Å². The highest BCUT2D eigenvalue weighted by Crippen LogP contribution is 2.28. The van der Waals surface area contributed by atoms with E-state index in [1.165, 1.54) is 41.3 Å². The van der Waals surface area contributed by atoms with Crippen molar-refractivity contribution in [1.82, 2.24) is 10.2 Å². The molecule has 0 saturated carbocycles. The SMILES string of the molecule is Cc1cc([N+](=O)[O-])ccc1NC(=O)CSc1nnc(Nc2ccccc2)s1. The highest BCUT2D eigenvalue weighted by atomic mass is 32.2. The molecule has 1 amide bonds. The molecule has 0 aliphatic rings. The van der Waals surface area contributed by atoms with E-state index >= 15 is 0 Å². The molecular weight excluding hydrogens is 386 g/mol. The van der Waals surface area contributed by atoms with Crippen LogP contribution in [0.1, 0.15) is 5.56 Å². The zero-order valence-corrected chi connectivity index (χ0v) is 15.8. The van der Waals surface area contributed by atoms with Crippen molar-refractivity contribution in [1.29, 1.82) is 0 Å². The van der Waals surface area contributed by atoms with Gasteiger partial charge in [0, 0.05) is 23.5 Å². The number of nitrogens with zero attached hydrogens (tertiary/aromatic N) is 3. The summed E-state index contributed by atoms with van der Waals surface area (Å²) in [6, 6.07) is 13.9. The maximum atomic E-state index is 12.1. The summed E-state index contributed by atoms with van der Waals surface area (Å²) in [7, 11) is 0. The Morgan fingerprint density at radius 1 is 1.22 bits per heavy atom. The molecule has 3 aromatic rings. The highest BCUT2D eigenvalue weighted by molar-refractivity contribution is 8.01. The van der Waals surface area contributed by atoms with Gasteiger partial charge in [-0.15, -0.1) is 10.2 Å². The summed E-state index contributed by atoms with van der Waals surface area (Å²) in [5, 5.41) is 25.4. The Kier molecular flexibility index (Phi) is 5.99. The van der Waals surface area contributed by atoms with Crippen LogP contribution in [0.25, 0.3) is 0 Å². The molecule has 3 rings (SSSR count). The van der Waals surface area contributed by atoms with Crippen molar-refractivity contribution < 1.29 is 9.72 Å². The van der Waals surface area contributed by atoms with Gasteiger partial charge in [-0.1, -0.05) is 41.3 Å². The fourth-order valence-electron chi connectivity index (χ4n) is 2.18. The lowest BCUT2D eigenvalue weighted by atomic mass is 10.2. The number of carbonyl (C=O) groups excluding carboxylic acids is 1. The highest BCUT2D eigenvalue weighted by Gasteiger charge is 2.12. The number of nitrogens with one attached hydrogen (secondary N) is 2. The van der Waals surface area contributed by atoms with Gasteiger partial charge in [0.15, 0.2) is 4.34 Å². The fraction of sp³-hybridized carbons (Fsp3) is 0.118. The standard InChI is InChI=1S/C17H15N5O3S2/c1-11-9-13(22(24)25)7-8-14(11)19-15(23)10-26-17-21-20-16(27-17)18-12-5-3-2-4-6-12/h2-9H,10H2,1H3,(H,18,20)(H,19,23). The Bertz CT molecular complexity index is 962. The van der Waals surface area contributed by atoms with E-state index in [2.05, 4.69) is 20.8 Å². The molecule has 0 aliphatic heterocycles. The second kappa shape index (κ2) is 8.60. The number of hydrogen-bond donors (Lipinski definition) is 2. The minimum Gasteiger partial charge on any atom is -0.330 e. The number of nitro groups is 1. The van der Waals surface area contributed by atoms with Crippen LogP contribution in [0.5, 0.6) is 0 Å². The van der Waals surface area contributed by atoms with Gasteiger partial charge in [-0.3, -0.25) is 14.9 Å². The molecule has 2 N–H and O–H groups in total. The second-order valence-corrected chi connectivity index (χ2v) is 7.66. The van der Waals surface area contributed by atoms with Crippen LogP contribution in [0.2, 0.25) is 0 Å². The van der Waals surface area contributed by atoms with Crippen LogP contribution in [0.3, 0.4) is 0 Å². The first kappa shape index (κ1) is 18.8. The van der Waals surface area contributed by atoms with Gasteiger partial charge in [-0.25, -0.2) is 0 Å². The number of carbonyl (C=O) groups is 1. The molecule has 0 aliphatic carbocycles. The molecule has 0 atom stereocenters. The Labute approximate surface area is 163 Å². The minimum absolute atomic E-state index is 0.00724. The fourth-order valence-corrected chi connectivity index (χ4v) is 3.75. The summed E-state index contributed by atoms with van der Waals surface area (Å²) in [6.07, 6.45) is 0. The number of aryl methyl sites for hydroxylation is 1. The minimum atomic E-state index is -0.467. The van der Waals surface area contributed by atoms with E-state index in [-0.39, 0.29) is 17.3 Å². The van der Waals surface area contributed by atoms with Gasteiger partial charge in [0.1, 0.15) is 0 Å². The lowest BCUT2D eigenvalue weighted by Gasteiger charge is -2.07. The first-order valence-corrected chi connectivity index (χ1v) is 9.65. The van der Waals surface area contributed by atoms with E-state index in [1.54, 1.807) is 6.92 Å². The molecule has 0 unspecified atom stereocenters. The molecule has 0 spiro atoms. The number of aromatic nitrogens is 2. The second-order valence-electron chi connectivity index (χ2n) is 5.46. The smallest absolute Gasteiger partial charge is 0.269 e. The maximum absolute atomic E-state index is 12.1. The predicted octanol–water partition coefficient (Wildman–Crippen LogP) is 4.23. The molecular formula is C17H15N5O3S2. The predicted molar refractivity (Wildman–Crippen MR) is 107 cm³/mol. The van der Waals surface area contributed by atoms with E-state index in [0.717, 1.165) is 5.69 Å². The summed E-state index contributed by atoms with van der Waals surface area (Å²) < 4.78 is 0.670. The first-order chi connectivity index (χ1) is 13.0. The van der Waals surface area contributed by atoms with Gasteiger partial charge in [0.25, 0.3) is 5.69 Å². The number of hydrogen-bond acceptors (Lipinski definition) is 8. The van der Waals surface area contributed by atoms with Crippen molar-refractivity contribution >= 4 is 51.2 Å². The number of thioether (sulfide) groups is 1. The average Bonchev–Trinajstić information content (AvgIpc) is 3.10. The van der Waals surface area contributed by atoms with Crippen LogP contribution in [0, 0.1) is 17.0 Å². The summed E-state index contributed by atoms with van der Waals surface area (Å²) in [4.78, 5) is 22.4. The van der Waals surface area contributed by atoms with Gasteiger partial charge >= 0.3 is 0 Å². The van der Waals surface area contributed by atoms with Crippen LogP contribution in [-0.2, 0) is 4.79 Å². The molecule has 1 heterocycles. The monoisotopic (exact) mass is 401 g/mol. The van der Waals surface area contributed by atoms with Crippen LogP contribution in [-0.4, -0.2) is 26.8 Å². The summed E-state index contributed by atoms with van der Waals surface area (Å²) >= 11 is 2.64. The van der Waals surface area contributed by atoms with Crippen LogP contribution in [0.4, 0.5) is 22.2 Å². The normalized spacial score (nSPS) is 10.4. The molecule has 0 fully saturated rings. The third-order valence-electron chi connectivity index (χ3n) is 3.45. The number of amides is 1. The number of para-hydroxylation sites is 1. The van der Waals surface area contributed by atoms with E-state index in [1.807, 2.05) is 30.3 Å². The number of nitro benzene ring substituents is 1. The lowest BCUT2D eigenvalue weighted by molar-refractivity contribution is -0.384. The first-order valence-electron chi connectivity index (χ1n) is 7.84. The molecule has 0 radical (unpaired) electrons. The molecule has 0 bridgehead atoms. The van der Waals surface area contributed by atoms with Crippen LogP contribution < -0.4 is 10.6 Å². The number of non-ortho nitro benzene ring substituents is 1. The van der Waals surface area contributed by atoms with E-state index in [4.69, 9.17) is 0 Å². The van der Waals surface area contributed by atoms with E-state index < -0.39 is 4.92 Å². The topological polar surface area (TPSA) is 110 Å². The van der Waals surface area contributed by atoms with Crippen LogP contribution >= 0.6 is 23.1 Å². The summed E-state index contributed by atoms with van der Waals surface area (Å²) in [5.74, 6) is -0.0548. The summed E-state index contributed by atoms with van der Waals surface area (Å²) in [5.41, 5.74) is 2.09.